The molecule has 9 heteroatoms. The van der Waals surface area contributed by atoms with Crippen molar-refractivity contribution in [1.82, 2.24) is 19.5 Å². The van der Waals surface area contributed by atoms with Crippen LogP contribution in [-0.2, 0) is 0 Å². The van der Waals surface area contributed by atoms with E-state index in [9.17, 15) is 10.2 Å². The number of hydrogen-bond donors (Lipinski definition) is 2. The number of fused-ring (bicyclic) bond motifs is 1. The number of aromatic nitrogens is 3. The zero-order valence-electron chi connectivity index (χ0n) is 15.4. The summed E-state index contributed by atoms with van der Waals surface area (Å²) in [5.74, 6) is 1.06. The predicted octanol–water partition coefficient (Wildman–Crippen LogP) is 3.96. The van der Waals surface area contributed by atoms with E-state index >= 15 is 0 Å². The highest BCUT2D eigenvalue weighted by atomic mass is 35.5. The molecule has 7 nitrogen and oxygen atoms in total. The molecule has 5 rings (SSSR count). The number of furan rings is 1. The number of aromatic hydroxyl groups is 1. The minimum atomic E-state index is -0.274. The lowest BCUT2D eigenvalue weighted by Gasteiger charge is -2.36. The predicted molar refractivity (Wildman–Crippen MR) is 110 cm³/mol. The zero-order valence-corrected chi connectivity index (χ0v) is 17.0. The van der Waals surface area contributed by atoms with Crippen LogP contribution in [0.4, 0.5) is 0 Å². The highest BCUT2D eigenvalue weighted by Gasteiger charge is 2.32. The first-order valence-electron chi connectivity index (χ1n) is 9.40. The summed E-state index contributed by atoms with van der Waals surface area (Å²) in [7, 11) is 0. The Morgan fingerprint density at radius 2 is 1.93 bits per heavy atom. The Morgan fingerprint density at radius 1 is 1.17 bits per heavy atom. The van der Waals surface area contributed by atoms with E-state index in [1.807, 2.05) is 24.3 Å². The highest BCUT2D eigenvalue weighted by molar-refractivity contribution is 7.17. The maximum Gasteiger partial charge on any atom is 0.230 e. The quantitative estimate of drug-likeness (QED) is 0.509. The van der Waals surface area contributed by atoms with Gasteiger partial charge in [-0.2, -0.15) is 9.50 Å². The molecule has 2 N–H and O–H groups in total. The van der Waals surface area contributed by atoms with E-state index in [2.05, 4.69) is 15.0 Å². The number of aliphatic hydroxyl groups excluding tert-OH is 1. The Balaban J connectivity index is 1.57. The summed E-state index contributed by atoms with van der Waals surface area (Å²) in [6.07, 6.45) is 2.70. The van der Waals surface area contributed by atoms with Gasteiger partial charge in [-0.1, -0.05) is 35.1 Å². The summed E-state index contributed by atoms with van der Waals surface area (Å²) < 4.78 is 6.82. The first kappa shape index (κ1) is 18.6. The molecule has 1 fully saturated rings. The number of rotatable bonds is 4. The monoisotopic (exact) mass is 430 g/mol. The van der Waals surface area contributed by atoms with E-state index in [0.717, 1.165) is 23.5 Å². The van der Waals surface area contributed by atoms with Crippen LogP contribution in [0.2, 0.25) is 5.02 Å². The van der Waals surface area contributed by atoms with Crippen molar-refractivity contribution < 1.29 is 14.6 Å². The van der Waals surface area contributed by atoms with E-state index in [0.29, 0.717) is 34.4 Å². The number of hydrogen-bond acceptors (Lipinski definition) is 7. The fourth-order valence-corrected chi connectivity index (χ4v) is 5.00. The highest BCUT2D eigenvalue weighted by Crippen LogP contribution is 2.41. The number of thiazole rings is 1. The third kappa shape index (κ3) is 3.42. The van der Waals surface area contributed by atoms with Crippen molar-refractivity contribution in [3.63, 3.8) is 0 Å². The number of benzene rings is 1. The molecule has 3 aromatic heterocycles. The van der Waals surface area contributed by atoms with Crippen molar-refractivity contribution in [3.8, 4) is 17.5 Å². The average Bonchev–Trinajstić information content (AvgIpc) is 3.44. The van der Waals surface area contributed by atoms with Crippen LogP contribution >= 0.6 is 22.9 Å². The number of piperidine rings is 1. The first-order chi connectivity index (χ1) is 14.1. The summed E-state index contributed by atoms with van der Waals surface area (Å²) in [6, 6.07) is 11.0. The van der Waals surface area contributed by atoms with Gasteiger partial charge in [-0.05, 0) is 42.7 Å². The Kier molecular flexibility index (Phi) is 4.79. The van der Waals surface area contributed by atoms with Crippen LogP contribution in [0.3, 0.4) is 0 Å². The van der Waals surface area contributed by atoms with Gasteiger partial charge in [-0.3, -0.25) is 4.90 Å². The minimum Gasteiger partial charge on any atom is -0.492 e. The Morgan fingerprint density at radius 3 is 2.59 bits per heavy atom. The number of likely N-dealkylation sites (tertiary alicyclic amines) is 1. The summed E-state index contributed by atoms with van der Waals surface area (Å²) in [4.78, 5) is 8.16. The number of halogens is 1. The third-order valence-electron chi connectivity index (χ3n) is 5.24. The van der Waals surface area contributed by atoms with Crippen LogP contribution in [0.15, 0.2) is 47.1 Å². The maximum absolute atomic E-state index is 11.0. The van der Waals surface area contributed by atoms with Gasteiger partial charge in [0.15, 0.2) is 5.76 Å². The van der Waals surface area contributed by atoms with Crippen LogP contribution in [0, 0.1) is 0 Å². The molecule has 0 amide bonds. The van der Waals surface area contributed by atoms with E-state index in [4.69, 9.17) is 16.0 Å². The van der Waals surface area contributed by atoms with Gasteiger partial charge in [-0.25, -0.2) is 0 Å². The molecular formula is C20H19ClN4O3S. The largest absolute Gasteiger partial charge is 0.492 e. The second-order valence-electron chi connectivity index (χ2n) is 7.12. The first-order valence-corrected chi connectivity index (χ1v) is 10.6. The lowest BCUT2D eigenvalue weighted by Crippen LogP contribution is -2.38. The second kappa shape index (κ2) is 7.46. The molecule has 150 valence electrons. The van der Waals surface area contributed by atoms with Gasteiger partial charge in [-0.15, -0.1) is 5.10 Å². The molecule has 4 aromatic rings. The number of aliphatic hydroxyl groups is 1. The Hall–Kier alpha value is -2.39. The van der Waals surface area contributed by atoms with Gasteiger partial charge in [0.05, 0.1) is 23.3 Å². The zero-order chi connectivity index (χ0) is 20.0. The van der Waals surface area contributed by atoms with E-state index in [1.165, 1.54) is 15.9 Å². The van der Waals surface area contributed by atoms with Gasteiger partial charge < -0.3 is 14.6 Å². The van der Waals surface area contributed by atoms with Crippen LogP contribution in [0.1, 0.15) is 29.3 Å². The van der Waals surface area contributed by atoms with Crippen molar-refractivity contribution >= 4 is 27.9 Å². The molecule has 4 heterocycles. The SMILES string of the molecule is Oc1c([C@H](c2ccc(Cl)cc2)N2CCC(O)CC2)sc2nc(-c3ccco3)nn12. The van der Waals surface area contributed by atoms with Gasteiger partial charge in [0.2, 0.25) is 16.7 Å². The smallest absolute Gasteiger partial charge is 0.230 e. The van der Waals surface area contributed by atoms with Gasteiger partial charge >= 0.3 is 0 Å². The standard InChI is InChI=1S/C20H19ClN4O3S/c21-13-5-3-12(4-6-13)16(24-9-7-14(26)8-10-24)17-19(27)25-20(29-17)22-18(23-25)15-2-1-11-28-15/h1-6,11,14,16,26-27H,7-10H2/t16-/m0/s1. The van der Waals surface area contributed by atoms with Gasteiger partial charge in [0.1, 0.15) is 0 Å². The Bertz CT molecular complexity index is 1110. The normalized spacial score (nSPS) is 17.2. The third-order valence-corrected chi connectivity index (χ3v) is 6.56. The van der Waals surface area contributed by atoms with Gasteiger partial charge in [0, 0.05) is 18.1 Å². The molecule has 0 radical (unpaired) electrons. The molecular weight excluding hydrogens is 412 g/mol. The molecule has 0 saturated carbocycles. The van der Waals surface area contributed by atoms with Crippen molar-refractivity contribution in [1.29, 1.82) is 0 Å². The van der Waals surface area contributed by atoms with Crippen LogP contribution in [0.5, 0.6) is 5.88 Å². The molecule has 0 aliphatic carbocycles. The molecule has 1 aliphatic rings. The fourth-order valence-electron chi connectivity index (χ4n) is 3.76. The minimum absolute atomic E-state index is 0.0707. The topological polar surface area (TPSA) is 87.0 Å². The maximum atomic E-state index is 11.0. The van der Waals surface area contributed by atoms with E-state index in [1.54, 1.807) is 18.4 Å². The summed E-state index contributed by atoms with van der Waals surface area (Å²) in [5, 5.41) is 26.0. The Labute approximate surface area is 175 Å². The summed E-state index contributed by atoms with van der Waals surface area (Å²) >= 11 is 7.49. The van der Waals surface area contributed by atoms with Crippen LogP contribution in [0.25, 0.3) is 16.5 Å². The molecule has 1 atom stereocenters. The van der Waals surface area contributed by atoms with Crippen molar-refractivity contribution in [3.05, 3.63) is 58.1 Å². The molecule has 1 aliphatic heterocycles. The molecule has 0 unspecified atom stereocenters. The summed E-state index contributed by atoms with van der Waals surface area (Å²) in [5.41, 5.74) is 1.02. The van der Waals surface area contributed by atoms with Crippen molar-refractivity contribution in [2.75, 3.05) is 13.1 Å². The molecule has 1 saturated heterocycles. The molecule has 1 aromatic carbocycles. The second-order valence-corrected chi connectivity index (χ2v) is 8.56. The number of nitrogens with zero attached hydrogens (tertiary/aromatic N) is 4. The summed E-state index contributed by atoms with van der Waals surface area (Å²) in [6.45, 7) is 1.47. The van der Waals surface area contributed by atoms with E-state index < -0.39 is 0 Å². The molecule has 29 heavy (non-hydrogen) atoms. The molecule has 0 bridgehead atoms. The van der Waals surface area contributed by atoms with E-state index in [-0.39, 0.29) is 18.0 Å². The fraction of sp³-hybridized carbons (Fsp3) is 0.300. The van der Waals surface area contributed by atoms with Crippen molar-refractivity contribution in [2.24, 2.45) is 0 Å². The average molecular weight is 431 g/mol. The molecule has 0 spiro atoms. The van der Waals surface area contributed by atoms with Crippen molar-refractivity contribution in [2.45, 2.75) is 25.0 Å². The van der Waals surface area contributed by atoms with Gasteiger partial charge in [0.25, 0.3) is 0 Å². The lowest BCUT2D eigenvalue weighted by atomic mass is 9.99. The van der Waals surface area contributed by atoms with Crippen LogP contribution in [-0.4, -0.2) is 48.9 Å². The lowest BCUT2D eigenvalue weighted by molar-refractivity contribution is 0.0689. The van der Waals surface area contributed by atoms with Crippen LogP contribution < -0.4 is 0 Å².